The van der Waals surface area contributed by atoms with Crippen LogP contribution in [0.25, 0.3) is 0 Å². The quantitative estimate of drug-likeness (QED) is 0.794. The first-order valence-corrected chi connectivity index (χ1v) is 7.51. The molecular weight excluding hydrogens is 260 g/mol. The maximum Gasteiger partial charge on any atom is 0.179 e. The van der Waals surface area contributed by atoms with Gasteiger partial charge in [-0.1, -0.05) is 0 Å². The zero-order chi connectivity index (χ0) is 13.1. The minimum atomic E-state index is -3.26. The van der Waals surface area contributed by atoms with E-state index in [-0.39, 0.29) is 22.1 Å². The van der Waals surface area contributed by atoms with Gasteiger partial charge in [0, 0.05) is 5.88 Å². The molecule has 0 spiro atoms. The van der Waals surface area contributed by atoms with E-state index in [1.807, 2.05) is 20.8 Å². The standard InChI is InChI=1S/C12H17ClO3S/c1-12(2,3)16-10-4-6-11(7-5-10)17(14,15)9-8-13/h4-7H,8-9H2,1-3H3. The molecule has 0 amide bonds. The number of ether oxygens (including phenoxy) is 1. The van der Waals surface area contributed by atoms with Crippen LogP contribution in [0.2, 0.25) is 0 Å². The minimum Gasteiger partial charge on any atom is -0.488 e. The van der Waals surface area contributed by atoms with E-state index in [1.54, 1.807) is 24.3 Å². The molecule has 1 aromatic rings. The molecule has 0 aliphatic heterocycles. The van der Waals surface area contributed by atoms with Gasteiger partial charge in [-0.2, -0.15) is 0 Å². The lowest BCUT2D eigenvalue weighted by Gasteiger charge is -2.21. The van der Waals surface area contributed by atoms with Gasteiger partial charge < -0.3 is 4.74 Å². The van der Waals surface area contributed by atoms with Crippen LogP contribution in [0.4, 0.5) is 0 Å². The Morgan fingerprint density at radius 3 is 2.12 bits per heavy atom. The van der Waals surface area contributed by atoms with Crippen molar-refractivity contribution in [1.82, 2.24) is 0 Å². The van der Waals surface area contributed by atoms with Crippen molar-refractivity contribution in [1.29, 1.82) is 0 Å². The summed E-state index contributed by atoms with van der Waals surface area (Å²) in [5.74, 6) is 0.707. The second-order valence-corrected chi connectivity index (χ2v) is 7.18. The van der Waals surface area contributed by atoms with Crippen LogP contribution in [-0.2, 0) is 9.84 Å². The third-order valence-electron chi connectivity index (χ3n) is 1.95. The predicted molar refractivity (Wildman–Crippen MR) is 69.6 cm³/mol. The van der Waals surface area contributed by atoms with E-state index in [0.29, 0.717) is 5.75 Å². The van der Waals surface area contributed by atoms with Crippen LogP contribution in [0.3, 0.4) is 0 Å². The number of alkyl halides is 1. The highest BCUT2D eigenvalue weighted by atomic mass is 35.5. The molecule has 0 saturated heterocycles. The molecule has 1 aromatic carbocycles. The Hall–Kier alpha value is -0.740. The molecule has 0 bridgehead atoms. The van der Waals surface area contributed by atoms with E-state index < -0.39 is 9.84 Å². The Balaban J connectivity index is 2.89. The van der Waals surface area contributed by atoms with Gasteiger partial charge in [0.25, 0.3) is 0 Å². The monoisotopic (exact) mass is 276 g/mol. The fraction of sp³-hybridized carbons (Fsp3) is 0.500. The number of rotatable bonds is 4. The van der Waals surface area contributed by atoms with Gasteiger partial charge in [-0.3, -0.25) is 0 Å². The summed E-state index contributed by atoms with van der Waals surface area (Å²) in [7, 11) is -3.26. The molecule has 0 atom stereocenters. The molecule has 17 heavy (non-hydrogen) atoms. The van der Waals surface area contributed by atoms with E-state index in [9.17, 15) is 8.42 Å². The maximum absolute atomic E-state index is 11.7. The summed E-state index contributed by atoms with van der Waals surface area (Å²) in [4.78, 5) is 0.277. The topological polar surface area (TPSA) is 43.4 Å². The average Bonchev–Trinajstić information content (AvgIpc) is 2.15. The zero-order valence-corrected chi connectivity index (χ0v) is 11.8. The number of halogens is 1. The van der Waals surface area contributed by atoms with Crippen molar-refractivity contribution in [3.05, 3.63) is 24.3 Å². The first-order valence-electron chi connectivity index (χ1n) is 5.32. The second kappa shape index (κ2) is 5.27. The molecule has 96 valence electrons. The lowest BCUT2D eigenvalue weighted by molar-refractivity contribution is 0.131. The highest BCUT2D eigenvalue weighted by Gasteiger charge is 2.15. The van der Waals surface area contributed by atoms with Crippen LogP contribution in [0.1, 0.15) is 20.8 Å². The molecule has 0 heterocycles. The van der Waals surface area contributed by atoms with Crippen LogP contribution in [-0.4, -0.2) is 25.7 Å². The minimum absolute atomic E-state index is 0.0476. The Morgan fingerprint density at radius 1 is 1.18 bits per heavy atom. The average molecular weight is 277 g/mol. The van der Waals surface area contributed by atoms with Crippen LogP contribution in [0.15, 0.2) is 29.2 Å². The summed E-state index contributed by atoms with van der Waals surface area (Å²) in [5.41, 5.74) is -0.295. The first kappa shape index (κ1) is 14.3. The summed E-state index contributed by atoms with van der Waals surface area (Å²) in [6.07, 6.45) is 0. The summed E-state index contributed by atoms with van der Waals surface area (Å²) in [5, 5.41) is 0. The van der Waals surface area contributed by atoms with Gasteiger partial charge in [-0.05, 0) is 45.0 Å². The third kappa shape index (κ3) is 4.56. The Kier molecular flexibility index (Phi) is 4.44. The van der Waals surface area contributed by atoms with Crippen molar-refractivity contribution >= 4 is 21.4 Å². The smallest absolute Gasteiger partial charge is 0.179 e. The molecule has 5 heteroatoms. The first-order chi connectivity index (χ1) is 7.74. The van der Waals surface area contributed by atoms with Gasteiger partial charge in [-0.15, -0.1) is 11.6 Å². The number of benzene rings is 1. The molecule has 0 aliphatic carbocycles. The van der Waals surface area contributed by atoms with Gasteiger partial charge in [0.15, 0.2) is 9.84 Å². The number of hydrogen-bond donors (Lipinski definition) is 0. The van der Waals surface area contributed by atoms with Crippen LogP contribution in [0.5, 0.6) is 5.75 Å². The van der Waals surface area contributed by atoms with Crippen molar-refractivity contribution < 1.29 is 13.2 Å². The van der Waals surface area contributed by atoms with Gasteiger partial charge in [-0.25, -0.2) is 8.42 Å². The van der Waals surface area contributed by atoms with E-state index in [0.717, 1.165) is 0 Å². The van der Waals surface area contributed by atoms with E-state index >= 15 is 0 Å². The van der Waals surface area contributed by atoms with Gasteiger partial charge >= 0.3 is 0 Å². The van der Waals surface area contributed by atoms with Gasteiger partial charge in [0.05, 0.1) is 10.6 Å². The molecule has 0 radical (unpaired) electrons. The molecule has 0 unspecified atom stereocenters. The molecule has 0 N–H and O–H groups in total. The largest absolute Gasteiger partial charge is 0.488 e. The zero-order valence-electron chi connectivity index (χ0n) is 10.2. The third-order valence-corrected chi connectivity index (χ3v) is 4.10. The van der Waals surface area contributed by atoms with Gasteiger partial charge in [0.1, 0.15) is 11.4 Å². The molecular formula is C12H17ClO3S. The lowest BCUT2D eigenvalue weighted by Crippen LogP contribution is -2.22. The van der Waals surface area contributed by atoms with E-state index in [1.165, 1.54) is 0 Å². The normalized spacial score (nSPS) is 12.5. The van der Waals surface area contributed by atoms with Crippen molar-refractivity contribution in [2.24, 2.45) is 0 Å². The highest BCUT2D eigenvalue weighted by molar-refractivity contribution is 7.91. The fourth-order valence-corrected chi connectivity index (χ4v) is 2.89. The predicted octanol–water partition coefficient (Wildman–Crippen LogP) is 2.88. The van der Waals surface area contributed by atoms with Crippen LogP contribution in [0, 0.1) is 0 Å². The van der Waals surface area contributed by atoms with Crippen molar-refractivity contribution in [2.45, 2.75) is 31.3 Å². The van der Waals surface area contributed by atoms with Gasteiger partial charge in [0.2, 0.25) is 0 Å². The molecule has 1 rings (SSSR count). The fourth-order valence-electron chi connectivity index (χ4n) is 1.29. The van der Waals surface area contributed by atoms with Crippen LogP contribution < -0.4 is 4.74 Å². The highest BCUT2D eigenvalue weighted by Crippen LogP contribution is 2.21. The Bertz CT molecular complexity index is 458. The van der Waals surface area contributed by atoms with Crippen LogP contribution >= 0.6 is 11.6 Å². The molecule has 0 aromatic heterocycles. The SMILES string of the molecule is CC(C)(C)Oc1ccc(S(=O)(=O)CCCl)cc1. The van der Waals surface area contributed by atoms with E-state index in [2.05, 4.69) is 0 Å². The number of hydrogen-bond acceptors (Lipinski definition) is 3. The Labute approximate surface area is 108 Å². The summed E-state index contributed by atoms with van der Waals surface area (Å²) in [6.45, 7) is 5.81. The second-order valence-electron chi connectivity index (χ2n) is 4.69. The summed E-state index contributed by atoms with van der Waals surface area (Å²) < 4.78 is 29.0. The van der Waals surface area contributed by atoms with E-state index in [4.69, 9.17) is 16.3 Å². The molecule has 0 fully saturated rings. The summed E-state index contributed by atoms with van der Waals surface area (Å²) >= 11 is 5.45. The molecule has 3 nitrogen and oxygen atoms in total. The number of sulfone groups is 1. The molecule has 0 saturated carbocycles. The maximum atomic E-state index is 11.7. The lowest BCUT2D eigenvalue weighted by atomic mass is 10.2. The van der Waals surface area contributed by atoms with Crippen molar-refractivity contribution in [3.63, 3.8) is 0 Å². The summed E-state index contributed by atoms with van der Waals surface area (Å²) in [6, 6.07) is 6.41. The molecule has 0 aliphatic rings. The Morgan fingerprint density at radius 2 is 1.71 bits per heavy atom. The van der Waals surface area contributed by atoms with Crippen molar-refractivity contribution in [3.8, 4) is 5.75 Å². The van der Waals surface area contributed by atoms with Crippen molar-refractivity contribution in [2.75, 3.05) is 11.6 Å².